The summed E-state index contributed by atoms with van der Waals surface area (Å²) in [7, 11) is 0. The second-order valence-corrected chi connectivity index (χ2v) is 4.48. The maximum atomic E-state index is 11.6. The van der Waals surface area contributed by atoms with Gasteiger partial charge in [0.1, 0.15) is 11.6 Å². The first-order chi connectivity index (χ1) is 9.70. The Balaban J connectivity index is 1.95. The van der Waals surface area contributed by atoms with Gasteiger partial charge in [-0.25, -0.2) is 9.97 Å². The number of imidazole rings is 1. The molecule has 0 radical (unpaired) electrons. The summed E-state index contributed by atoms with van der Waals surface area (Å²) in [5.74, 6) is 1.56. The molecular formula is C14H18N4O2. The summed E-state index contributed by atoms with van der Waals surface area (Å²) in [4.78, 5) is 20.1. The minimum absolute atomic E-state index is 0.0631. The van der Waals surface area contributed by atoms with E-state index in [9.17, 15) is 4.79 Å². The van der Waals surface area contributed by atoms with Gasteiger partial charge < -0.3 is 10.4 Å². The van der Waals surface area contributed by atoms with Crippen LogP contribution in [-0.2, 0) is 4.79 Å². The summed E-state index contributed by atoms with van der Waals surface area (Å²) in [6.45, 7) is 2.02. The molecule has 106 valence electrons. The van der Waals surface area contributed by atoms with Crippen LogP contribution in [0, 0.1) is 6.92 Å². The third-order valence-corrected chi connectivity index (χ3v) is 2.92. The van der Waals surface area contributed by atoms with Crippen molar-refractivity contribution in [2.75, 3.05) is 11.9 Å². The van der Waals surface area contributed by atoms with Crippen molar-refractivity contribution in [3.05, 3.63) is 36.5 Å². The van der Waals surface area contributed by atoms with E-state index in [1.54, 1.807) is 12.4 Å². The molecule has 6 heteroatoms. The molecule has 2 aromatic rings. The first kappa shape index (κ1) is 14.2. The molecule has 2 N–H and O–H groups in total. The summed E-state index contributed by atoms with van der Waals surface area (Å²) in [6.07, 6.45) is 6.91. The Morgan fingerprint density at radius 3 is 2.80 bits per heavy atom. The summed E-state index contributed by atoms with van der Waals surface area (Å²) in [6, 6.07) is 3.64. The first-order valence-corrected chi connectivity index (χ1v) is 6.58. The normalized spacial score (nSPS) is 10.5. The molecule has 0 fully saturated rings. The van der Waals surface area contributed by atoms with Gasteiger partial charge in [0.05, 0.1) is 11.9 Å². The monoisotopic (exact) mass is 274 g/mol. The maximum absolute atomic E-state index is 11.6. The van der Waals surface area contributed by atoms with Crippen molar-refractivity contribution < 1.29 is 9.90 Å². The Morgan fingerprint density at radius 2 is 2.20 bits per heavy atom. The van der Waals surface area contributed by atoms with Crippen LogP contribution in [0.3, 0.4) is 0 Å². The minimum atomic E-state index is -0.0631. The summed E-state index contributed by atoms with van der Waals surface area (Å²) in [5, 5.41) is 11.4. The van der Waals surface area contributed by atoms with Crippen LogP contribution in [0.5, 0.6) is 0 Å². The predicted molar refractivity (Wildman–Crippen MR) is 75.7 cm³/mol. The number of nitrogens with zero attached hydrogens (tertiary/aromatic N) is 3. The number of rotatable bonds is 6. The van der Waals surface area contributed by atoms with E-state index >= 15 is 0 Å². The molecule has 6 nitrogen and oxygen atoms in total. The number of unbranched alkanes of at least 4 members (excludes halogenated alkanes) is 1. The van der Waals surface area contributed by atoms with Gasteiger partial charge in [-0.3, -0.25) is 9.36 Å². The number of nitrogens with one attached hydrogen (secondary N) is 1. The Kier molecular flexibility index (Phi) is 4.84. The zero-order chi connectivity index (χ0) is 14.4. The van der Waals surface area contributed by atoms with Gasteiger partial charge in [-0.2, -0.15) is 0 Å². The van der Waals surface area contributed by atoms with Gasteiger partial charge in [0.2, 0.25) is 5.91 Å². The highest BCUT2D eigenvalue weighted by Gasteiger charge is 2.04. The lowest BCUT2D eigenvalue weighted by molar-refractivity contribution is -0.116. The summed E-state index contributed by atoms with van der Waals surface area (Å²) >= 11 is 0. The van der Waals surface area contributed by atoms with Crippen molar-refractivity contribution >= 4 is 11.6 Å². The van der Waals surface area contributed by atoms with Crippen molar-refractivity contribution in [2.24, 2.45) is 0 Å². The second-order valence-electron chi connectivity index (χ2n) is 4.48. The lowest BCUT2D eigenvalue weighted by atomic mass is 10.2. The Hall–Kier alpha value is -2.21. The molecule has 2 aromatic heterocycles. The largest absolute Gasteiger partial charge is 0.396 e. The Labute approximate surface area is 117 Å². The molecule has 0 unspecified atom stereocenters. The third-order valence-electron chi connectivity index (χ3n) is 2.92. The minimum Gasteiger partial charge on any atom is -0.396 e. The van der Waals surface area contributed by atoms with E-state index in [-0.39, 0.29) is 12.5 Å². The zero-order valence-corrected chi connectivity index (χ0v) is 11.4. The van der Waals surface area contributed by atoms with Crippen LogP contribution < -0.4 is 5.32 Å². The van der Waals surface area contributed by atoms with E-state index < -0.39 is 0 Å². The van der Waals surface area contributed by atoms with Crippen LogP contribution in [0.2, 0.25) is 0 Å². The molecule has 2 rings (SSSR count). The molecule has 0 saturated carbocycles. The maximum Gasteiger partial charge on any atom is 0.224 e. The van der Waals surface area contributed by atoms with Crippen LogP contribution >= 0.6 is 0 Å². The number of aliphatic hydroxyl groups is 1. The Morgan fingerprint density at radius 1 is 1.35 bits per heavy atom. The van der Waals surface area contributed by atoms with Crippen LogP contribution in [0.1, 0.15) is 25.1 Å². The van der Waals surface area contributed by atoms with Crippen molar-refractivity contribution in [1.82, 2.24) is 14.5 Å². The quantitative estimate of drug-likeness (QED) is 0.785. The van der Waals surface area contributed by atoms with Crippen LogP contribution in [-0.4, -0.2) is 32.2 Å². The molecule has 2 heterocycles. The predicted octanol–water partition coefficient (Wildman–Crippen LogP) is 1.68. The number of hydrogen-bond donors (Lipinski definition) is 2. The van der Waals surface area contributed by atoms with Gasteiger partial charge in [0.25, 0.3) is 0 Å². The van der Waals surface area contributed by atoms with Gasteiger partial charge in [-0.05, 0) is 31.9 Å². The first-order valence-electron chi connectivity index (χ1n) is 6.58. The number of carbonyl (C=O) groups excluding carboxylic acids is 1. The fraction of sp³-hybridized carbons (Fsp3) is 0.357. The molecule has 20 heavy (non-hydrogen) atoms. The number of hydrogen-bond acceptors (Lipinski definition) is 4. The Bertz CT molecular complexity index is 563. The molecule has 0 aliphatic rings. The van der Waals surface area contributed by atoms with Crippen molar-refractivity contribution in [3.63, 3.8) is 0 Å². The van der Waals surface area contributed by atoms with Gasteiger partial charge >= 0.3 is 0 Å². The number of carbonyl (C=O) groups is 1. The highest BCUT2D eigenvalue weighted by atomic mass is 16.3. The molecule has 1 amide bonds. The summed E-state index contributed by atoms with van der Waals surface area (Å²) in [5.41, 5.74) is 0.667. The van der Waals surface area contributed by atoms with Crippen molar-refractivity contribution in [2.45, 2.75) is 26.2 Å². The van der Waals surface area contributed by atoms with E-state index in [1.807, 2.05) is 29.8 Å². The molecule has 0 aliphatic carbocycles. The fourth-order valence-corrected chi connectivity index (χ4v) is 1.84. The van der Waals surface area contributed by atoms with E-state index in [0.717, 1.165) is 11.6 Å². The van der Waals surface area contributed by atoms with Crippen molar-refractivity contribution in [1.29, 1.82) is 0 Å². The molecular weight excluding hydrogens is 256 g/mol. The molecule has 0 aromatic carbocycles. The van der Waals surface area contributed by atoms with Gasteiger partial charge in [0.15, 0.2) is 0 Å². The smallest absolute Gasteiger partial charge is 0.224 e. The van der Waals surface area contributed by atoms with Gasteiger partial charge in [-0.15, -0.1) is 0 Å². The van der Waals surface area contributed by atoms with E-state index in [2.05, 4.69) is 15.3 Å². The summed E-state index contributed by atoms with van der Waals surface area (Å²) < 4.78 is 1.87. The number of amides is 1. The van der Waals surface area contributed by atoms with E-state index in [1.165, 1.54) is 0 Å². The molecule has 0 bridgehead atoms. The van der Waals surface area contributed by atoms with Crippen LogP contribution in [0.4, 0.5) is 5.69 Å². The standard InChI is InChI=1S/C14H18N4O2/c1-11-15-7-8-18(11)13-6-5-12(10-16-13)17-14(20)4-2-3-9-19/h5-8,10,19H,2-4,9H2,1H3,(H,17,20). The number of aromatic nitrogens is 3. The number of anilines is 1. The molecule has 0 saturated heterocycles. The van der Waals surface area contributed by atoms with Gasteiger partial charge in [0, 0.05) is 25.4 Å². The zero-order valence-electron chi connectivity index (χ0n) is 11.4. The highest BCUT2D eigenvalue weighted by Crippen LogP contribution is 2.12. The number of aliphatic hydroxyl groups excluding tert-OH is 1. The lowest BCUT2D eigenvalue weighted by Gasteiger charge is -2.07. The number of aryl methyl sites for hydroxylation is 1. The van der Waals surface area contributed by atoms with E-state index in [4.69, 9.17) is 5.11 Å². The lowest BCUT2D eigenvalue weighted by Crippen LogP contribution is -2.11. The third kappa shape index (κ3) is 3.64. The van der Waals surface area contributed by atoms with E-state index in [0.29, 0.717) is 24.9 Å². The topological polar surface area (TPSA) is 80.0 Å². The average molecular weight is 274 g/mol. The molecule has 0 aliphatic heterocycles. The number of pyridine rings is 1. The molecule has 0 atom stereocenters. The van der Waals surface area contributed by atoms with Gasteiger partial charge in [-0.1, -0.05) is 0 Å². The van der Waals surface area contributed by atoms with Crippen LogP contribution in [0.15, 0.2) is 30.7 Å². The SMILES string of the molecule is Cc1nccn1-c1ccc(NC(=O)CCCCO)cn1. The van der Waals surface area contributed by atoms with Crippen LogP contribution in [0.25, 0.3) is 5.82 Å². The second kappa shape index (κ2) is 6.81. The van der Waals surface area contributed by atoms with Crippen molar-refractivity contribution in [3.8, 4) is 5.82 Å². The fourth-order valence-electron chi connectivity index (χ4n) is 1.84. The molecule has 0 spiro atoms. The highest BCUT2D eigenvalue weighted by molar-refractivity contribution is 5.90. The average Bonchev–Trinajstić information content (AvgIpc) is 2.86.